The standard InChI is InChI=1S/C21H19NO4S/c1-2-5-16(12-21(24)25)15-8-10-17(11-9-15)26-14-22-18-6-3-4-7-19(18)27-13-20(22)23/h3-4,6-11,16H,12-14H2,1H3,(H,24,25). The number of para-hydroxylation sites is 1. The number of nitrogens with zero attached hydrogens (tertiary/aromatic N) is 1. The van der Waals surface area contributed by atoms with Crippen molar-refractivity contribution < 1.29 is 19.4 Å². The van der Waals surface area contributed by atoms with Crippen LogP contribution in [0.5, 0.6) is 5.75 Å². The molecule has 1 N–H and O–H groups in total. The van der Waals surface area contributed by atoms with Crippen molar-refractivity contribution in [3.05, 3.63) is 54.1 Å². The molecule has 5 nitrogen and oxygen atoms in total. The summed E-state index contributed by atoms with van der Waals surface area (Å²) in [4.78, 5) is 25.9. The van der Waals surface area contributed by atoms with Crippen molar-refractivity contribution in [1.82, 2.24) is 0 Å². The average molecular weight is 381 g/mol. The number of carboxylic acid groups (broad SMARTS) is 1. The van der Waals surface area contributed by atoms with Gasteiger partial charge in [0.25, 0.3) is 0 Å². The van der Waals surface area contributed by atoms with Crippen molar-refractivity contribution in [2.75, 3.05) is 17.4 Å². The van der Waals surface area contributed by atoms with Gasteiger partial charge in [0.2, 0.25) is 5.91 Å². The minimum Gasteiger partial charge on any atom is -0.481 e. The molecule has 138 valence electrons. The quantitative estimate of drug-likeness (QED) is 0.772. The van der Waals surface area contributed by atoms with Crippen LogP contribution in [0.15, 0.2) is 53.4 Å². The maximum absolute atomic E-state index is 12.3. The number of benzene rings is 2. The van der Waals surface area contributed by atoms with E-state index in [2.05, 4.69) is 11.8 Å². The summed E-state index contributed by atoms with van der Waals surface area (Å²) in [6.07, 6.45) is -0.0439. The fourth-order valence-electron chi connectivity index (χ4n) is 2.83. The molecule has 2 aromatic carbocycles. The van der Waals surface area contributed by atoms with Crippen molar-refractivity contribution >= 4 is 29.3 Å². The molecular formula is C21H19NO4S. The lowest BCUT2D eigenvalue weighted by Crippen LogP contribution is -2.38. The van der Waals surface area contributed by atoms with Crippen LogP contribution in [-0.4, -0.2) is 29.5 Å². The predicted molar refractivity (Wildman–Crippen MR) is 105 cm³/mol. The van der Waals surface area contributed by atoms with Gasteiger partial charge in [-0.25, -0.2) is 0 Å². The van der Waals surface area contributed by atoms with Crippen molar-refractivity contribution in [3.8, 4) is 17.6 Å². The second kappa shape index (κ2) is 8.65. The summed E-state index contributed by atoms with van der Waals surface area (Å²) in [6.45, 7) is 1.82. The molecule has 6 heteroatoms. The smallest absolute Gasteiger partial charge is 0.304 e. The van der Waals surface area contributed by atoms with Crippen LogP contribution in [0.3, 0.4) is 0 Å². The van der Waals surface area contributed by atoms with Crippen LogP contribution >= 0.6 is 11.8 Å². The third-order valence-corrected chi connectivity index (χ3v) is 5.20. The first-order valence-electron chi connectivity index (χ1n) is 8.47. The van der Waals surface area contributed by atoms with Gasteiger partial charge in [-0.1, -0.05) is 30.2 Å². The van der Waals surface area contributed by atoms with Crippen LogP contribution in [0.2, 0.25) is 0 Å². The summed E-state index contributed by atoms with van der Waals surface area (Å²) < 4.78 is 5.79. The molecule has 0 spiro atoms. The molecule has 1 aliphatic heterocycles. The topological polar surface area (TPSA) is 66.8 Å². The molecule has 1 unspecified atom stereocenters. The molecule has 1 amide bonds. The van der Waals surface area contributed by atoms with Gasteiger partial charge in [-0.05, 0) is 36.8 Å². The first-order valence-corrected chi connectivity index (χ1v) is 9.46. The highest BCUT2D eigenvalue weighted by atomic mass is 32.2. The number of anilines is 1. The van der Waals surface area contributed by atoms with Crippen molar-refractivity contribution in [3.63, 3.8) is 0 Å². The number of carboxylic acids is 1. The second-order valence-electron chi connectivity index (χ2n) is 5.97. The number of aliphatic carboxylic acids is 1. The normalized spacial score (nSPS) is 14.0. The Morgan fingerprint density at radius 3 is 2.70 bits per heavy atom. The van der Waals surface area contributed by atoms with Gasteiger partial charge in [0, 0.05) is 4.90 Å². The minimum absolute atomic E-state index is 0.00932. The summed E-state index contributed by atoms with van der Waals surface area (Å²) in [5, 5.41) is 9.03. The SMILES string of the molecule is CC#CC(CC(=O)O)c1ccc(OCN2C(=O)CSc3ccccc32)cc1. The highest BCUT2D eigenvalue weighted by Gasteiger charge is 2.24. The fraction of sp³-hybridized carbons (Fsp3) is 0.238. The van der Waals surface area contributed by atoms with Gasteiger partial charge in [-0.3, -0.25) is 14.5 Å². The number of rotatable bonds is 6. The van der Waals surface area contributed by atoms with Crippen molar-refractivity contribution in [2.45, 2.75) is 24.2 Å². The molecule has 0 aliphatic carbocycles. The number of hydrogen-bond acceptors (Lipinski definition) is 4. The fourth-order valence-corrected chi connectivity index (χ4v) is 3.77. The first-order chi connectivity index (χ1) is 13.1. The van der Waals surface area contributed by atoms with E-state index in [1.165, 1.54) is 11.8 Å². The highest BCUT2D eigenvalue weighted by Crippen LogP contribution is 2.35. The van der Waals surface area contributed by atoms with Gasteiger partial charge in [-0.15, -0.1) is 17.7 Å². The van der Waals surface area contributed by atoms with Crippen LogP contribution in [0.4, 0.5) is 5.69 Å². The van der Waals surface area contributed by atoms with Gasteiger partial charge >= 0.3 is 5.97 Å². The Morgan fingerprint density at radius 2 is 2.00 bits per heavy atom. The highest BCUT2D eigenvalue weighted by molar-refractivity contribution is 8.00. The molecule has 0 fully saturated rings. The molecule has 0 bridgehead atoms. The van der Waals surface area contributed by atoms with Crippen LogP contribution < -0.4 is 9.64 Å². The number of thioether (sulfide) groups is 1. The Kier molecular flexibility index (Phi) is 6.05. The Morgan fingerprint density at radius 1 is 1.26 bits per heavy atom. The Balaban J connectivity index is 1.69. The molecule has 1 atom stereocenters. The number of hydrogen-bond donors (Lipinski definition) is 1. The molecule has 0 saturated carbocycles. The van der Waals surface area contributed by atoms with Gasteiger partial charge in [0.1, 0.15) is 5.75 Å². The van der Waals surface area contributed by atoms with Gasteiger partial charge < -0.3 is 9.84 Å². The lowest BCUT2D eigenvalue weighted by Gasteiger charge is -2.28. The number of ether oxygens (including phenoxy) is 1. The second-order valence-corrected chi connectivity index (χ2v) is 6.98. The van der Waals surface area contributed by atoms with Gasteiger partial charge in [0.05, 0.1) is 23.8 Å². The molecule has 2 aromatic rings. The summed E-state index contributed by atoms with van der Waals surface area (Å²) in [7, 11) is 0. The molecule has 0 aromatic heterocycles. The van der Waals surface area contributed by atoms with E-state index in [4.69, 9.17) is 9.84 Å². The van der Waals surface area contributed by atoms with E-state index in [1.54, 1.807) is 24.0 Å². The summed E-state index contributed by atoms with van der Waals surface area (Å²) >= 11 is 1.53. The monoisotopic (exact) mass is 381 g/mol. The molecule has 27 heavy (non-hydrogen) atoms. The van der Waals surface area contributed by atoms with Gasteiger partial charge in [-0.2, -0.15) is 0 Å². The van der Waals surface area contributed by atoms with Crippen LogP contribution in [0, 0.1) is 11.8 Å². The molecule has 1 aliphatic rings. The lowest BCUT2D eigenvalue weighted by atomic mass is 9.96. The summed E-state index contributed by atoms with van der Waals surface area (Å²) in [5.74, 6) is 5.48. The Bertz CT molecular complexity index is 898. The maximum atomic E-state index is 12.3. The molecule has 0 saturated heterocycles. The van der Waals surface area contributed by atoms with E-state index in [0.29, 0.717) is 11.5 Å². The van der Waals surface area contributed by atoms with Crippen LogP contribution in [0.25, 0.3) is 0 Å². The van der Waals surface area contributed by atoms with Crippen LogP contribution in [0.1, 0.15) is 24.8 Å². The van der Waals surface area contributed by atoms with Crippen LogP contribution in [-0.2, 0) is 9.59 Å². The number of carbonyl (C=O) groups excluding carboxylic acids is 1. The number of amides is 1. The summed E-state index contributed by atoms with van der Waals surface area (Å²) in [5.41, 5.74) is 1.69. The number of carbonyl (C=O) groups is 2. The maximum Gasteiger partial charge on any atom is 0.304 e. The predicted octanol–water partition coefficient (Wildman–Crippen LogP) is 3.74. The van der Waals surface area contributed by atoms with E-state index in [1.807, 2.05) is 36.4 Å². The third kappa shape index (κ3) is 4.63. The van der Waals surface area contributed by atoms with E-state index < -0.39 is 5.97 Å². The summed E-state index contributed by atoms with van der Waals surface area (Å²) in [6, 6.07) is 14.9. The zero-order valence-electron chi connectivity index (χ0n) is 14.8. The zero-order chi connectivity index (χ0) is 19.2. The first kappa shape index (κ1) is 18.9. The van der Waals surface area contributed by atoms with E-state index >= 15 is 0 Å². The number of fused-ring (bicyclic) bond motifs is 1. The Labute approximate surface area is 162 Å². The molecule has 3 rings (SSSR count). The third-order valence-electron chi connectivity index (χ3n) is 4.15. The lowest BCUT2D eigenvalue weighted by molar-refractivity contribution is -0.137. The average Bonchev–Trinajstić information content (AvgIpc) is 2.67. The van der Waals surface area contributed by atoms with Crippen molar-refractivity contribution in [1.29, 1.82) is 0 Å². The minimum atomic E-state index is -0.886. The van der Waals surface area contributed by atoms with E-state index in [0.717, 1.165) is 16.1 Å². The van der Waals surface area contributed by atoms with Gasteiger partial charge in [0.15, 0.2) is 6.73 Å². The molecular weight excluding hydrogens is 362 g/mol. The van der Waals surface area contributed by atoms with Crippen molar-refractivity contribution in [2.24, 2.45) is 0 Å². The van der Waals surface area contributed by atoms with E-state index in [9.17, 15) is 9.59 Å². The molecule has 1 heterocycles. The Hall–Kier alpha value is -2.91. The largest absolute Gasteiger partial charge is 0.481 e. The van der Waals surface area contributed by atoms with E-state index in [-0.39, 0.29) is 25.0 Å². The zero-order valence-corrected chi connectivity index (χ0v) is 15.7. The molecule has 0 radical (unpaired) electrons.